The number of anilines is 3. The average molecular weight is 375 g/mol. The number of fused-ring (bicyclic) bond motifs is 1. The van der Waals surface area contributed by atoms with E-state index in [0.29, 0.717) is 11.4 Å². The number of halogens is 2. The summed E-state index contributed by atoms with van der Waals surface area (Å²) in [4.78, 5) is 24.5. The molecule has 0 fully saturated rings. The van der Waals surface area contributed by atoms with Crippen LogP contribution in [0.2, 0.25) is 0 Å². The number of hydrogen-bond donors (Lipinski definition) is 3. The van der Waals surface area contributed by atoms with Gasteiger partial charge in [-0.25, -0.2) is 0 Å². The number of carbonyl (C=O) groups is 2. The molecule has 2 amide bonds. The molecule has 3 N–H and O–H groups in total. The molecule has 2 aromatic rings. The summed E-state index contributed by atoms with van der Waals surface area (Å²) >= 11 is 0. The zero-order chi connectivity index (χ0) is 19.6. The number of carbonyl (C=O) groups excluding carboxylic acids is 2. The van der Waals surface area contributed by atoms with Crippen molar-refractivity contribution in [2.45, 2.75) is 32.9 Å². The molecule has 1 heterocycles. The molecule has 0 saturated heterocycles. The summed E-state index contributed by atoms with van der Waals surface area (Å²) in [5, 5.41) is 8.52. The predicted octanol–water partition coefficient (Wildman–Crippen LogP) is 3.67. The zero-order valence-electron chi connectivity index (χ0n) is 14.8. The van der Waals surface area contributed by atoms with Crippen LogP contribution in [-0.2, 0) is 9.59 Å². The molecule has 1 unspecified atom stereocenters. The summed E-state index contributed by atoms with van der Waals surface area (Å²) in [7, 11) is 0. The molecule has 1 aliphatic heterocycles. The van der Waals surface area contributed by atoms with Gasteiger partial charge in [0.05, 0.1) is 17.8 Å². The van der Waals surface area contributed by atoms with Gasteiger partial charge < -0.3 is 20.7 Å². The van der Waals surface area contributed by atoms with Crippen LogP contribution in [0, 0.1) is 13.8 Å². The average Bonchev–Trinajstić information content (AvgIpc) is 2.59. The normalized spacial score (nSPS) is 15.6. The second-order valence-electron chi connectivity index (χ2n) is 6.32. The Labute approximate surface area is 154 Å². The second-order valence-corrected chi connectivity index (χ2v) is 6.32. The number of amides is 2. The van der Waals surface area contributed by atoms with Crippen molar-refractivity contribution < 1.29 is 23.1 Å². The van der Waals surface area contributed by atoms with Crippen molar-refractivity contribution in [2.24, 2.45) is 0 Å². The van der Waals surface area contributed by atoms with Crippen LogP contribution in [0.1, 0.15) is 17.5 Å². The minimum atomic E-state index is -2.91. The first kappa shape index (κ1) is 18.6. The Morgan fingerprint density at radius 3 is 2.41 bits per heavy atom. The van der Waals surface area contributed by atoms with Crippen molar-refractivity contribution >= 4 is 28.9 Å². The van der Waals surface area contributed by atoms with E-state index in [1.54, 1.807) is 0 Å². The molecule has 0 bridgehead atoms. The van der Waals surface area contributed by atoms with Gasteiger partial charge >= 0.3 is 6.61 Å². The highest BCUT2D eigenvalue weighted by molar-refractivity contribution is 6.06. The van der Waals surface area contributed by atoms with E-state index in [9.17, 15) is 18.4 Å². The van der Waals surface area contributed by atoms with Gasteiger partial charge in [0.15, 0.2) is 0 Å². The molecule has 142 valence electrons. The van der Waals surface area contributed by atoms with Crippen molar-refractivity contribution in [1.82, 2.24) is 0 Å². The van der Waals surface area contributed by atoms with E-state index in [4.69, 9.17) is 0 Å². The lowest BCUT2D eigenvalue weighted by Gasteiger charge is -2.27. The lowest BCUT2D eigenvalue weighted by molar-refractivity contribution is -0.122. The molecule has 0 aliphatic carbocycles. The van der Waals surface area contributed by atoms with Crippen LogP contribution in [0.25, 0.3) is 0 Å². The van der Waals surface area contributed by atoms with E-state index in [2.05, 4.69) is 20.7 Å². The molecule has 3 rings (SSSR count). The van der Waals surface area contributed by atoms with Crippen molar-refractivity contribution in [1.29, 1.82) is 0 Å². The van der Waals surface area contributed by atoms with Crippen molar-refractivity contribution in [3.8, 4) is 5.75 Å². The summed E-state index contributed by atoms with van der Waals surface area (Å²) in [5.41, 5.74) is 4.01. The molecular weight excluding hydrogens is 356 g/mol. The Kier molecular flexibility index (Phi) is 5.25. The SMILES string of the molecule is Cc1cc2c(cc1C)NC(CC(=O)Nc1ccc(OC(F)F)cc1)C(=O)N2. The van der Waals surface area contributed by atoms with Gasteiger partial charge in [-0.2, -0.15) is 8.78 Å². The summed E-state index contributed by atoms with van der Waals surface area (Å²) in [6.07, 6.45) is -0.0759. The Hall–Kier alpha value is -3.16. The third-order valence-electron chi connectivity index (χ3n) is 4.29. The third kappa shape index (κ3) is 4.52. The molecular formula is C19H19F2N3O3. The molecule has 27 heavy (non-hydrogen) atoms. The highest BCUT2D eigenvalue weighted by Crippen LogP contribution is 2.30. The van der Waals surface area contributed by atoms with E-state index in [1.165, 1.54) is 24.3 Å². The maximum absolute atomic E-state index is 12.2. The highest BCUT2D eigenvalue weighted by atomic mass is 19.3. The van der Waals surface area contributed by atoms with Gasteiger partial charge in [0.1, 0.15) is 11.8 Å². The Morgan fingerprint density at radius 1 is 1.15 bits per heavy atom. The van der Waals surface area contributed by atoms with Crippen LogP contribution >= 0.6 is 0 Å². The molecule has 0 radical (unpaired) electrons. The van der Waals surface area contributed by atoms with Gasteiger partial charge in [-0.15, -0.1) is 0 Å². The Morgan fingerprint density at radius 2 is 1.78 bits per heavy atom. The first-order chi connectivity index (χ1) is 12.8. The lowest BCUT2D eigenvalue weighted by atomic mass is 10.0. The zero-order valence-corrected chi connectivity index (χ0v) is 14.8. The summed E-state index contributed by atoms with van der Waals surface area (Å²) < 4.78 is 28.5. The topological polar surface area (TPSA) is 79.5 Å². The van der Waals surface area contributed by atoms with Crippen molar-refractivity contribution in [2.75, 3.05) is 16.0 Å². The van der Waals surface area contributed by atoms with E-state index < -0.39 is 12.7 Å². The largest absolute Gasteiger partial charge is 0.435 e. The summed E-state index contributed by atoms with van der Waals surface area (Å²) in [5.74, 6) is -0.669. The standard InChI is InChI=1S/C19H19F2N3O3/c1-10-7-14-15(8-11(10)2)24-18(26)16(23-14)9-17(25)22-12-3-5-13(6-4-12)27-19(20)21/h3-8,16,19,23H,9H2,1-2H3,(H,22,25)(H,24,26). The molecule has 1 atom stereocenters. The molecule has 0 saturated carbocycles. The van der Waals surface area contributed by atoms with E-state index in [1.807, 2.05) is 26.0 Å². The van der Waals surface area contributed by atoms with E-state index in [0.717, 1.165) is 16.8 Å². The number of aryl methyl sites for hydroxylation is 2. The third-order valence-corrected chi connectivity index (χ3v) is 4.29. The van der Waals surface area contributed by atoms with Gasteiger partial charge in [-0.1, -0.05) is 0 Å². The van der Waals surface area contributed by atoms with Gasteiger partial charge in [0, 0.05) is 5.69 Å². The van der Waals surface area contributed by atoms with E-state index in [-0.39, 0.29) is 24.0 Å². The van der Waals surface area contributed by atoms with Crippen molar-refractivity contribution in [3.63, 3.8) is 0 Å². The second kappa shape index (κ2) is 7.61. The number of ether oxygens (including phenoxy) is 1. The number of rotatable bonds is 5. The van der Waals surface area contributed by atoms with Gasteiger partial charge in [-0.3, -0.25) is 9.59 Å². The first-order valence-electron chi connectivity index (χ1n) is 8.35. The molecule has 0 spiro atoms. The number of hydrogen-bond acceptors (Lipinski definition) is 4. The van der Waals surface area contributed by atoms with Crippen molar-refractivity contribution in [3.05, 3.63) is 47.5 Å². The van der Waals surface area contributed by atoms with Gasteiger partial charge in [0.25, 0.3) is 0 Å². The van der Waals surface area contributed by atoms with Gasteiger partial charge in [-0.05, 0) is 61.4 Å². The fourth-order valence-electron chi connectivity index (χ4n) is 2.77. The van der Waals surface area contributed by atoms with Crippen LogP contribution in [-0.4, -0.2) is 24.5 Å². The number of alkyl halides is 2. The predicted molar refractivity (Wildman–Crippen MR) is 98.3 cm³/mol. The molecule has 2 aromatic carbocycles. The van der Waals surface area contributed by atoms with Crippen LogP contribution < -0.4 is 20.7 Å². The molecule has 1 aliphatic rings. The van der Waals surface area contributed by atoms with Crippen LogP contribution in [0.15, 0.2) is 36.4 Å². The number of benzene rings is 2. The Bertz CT molecular complexity index is 869. The maximum atomic E-state index is 12.2. The monoisotopic (exact) mass is 375 g/mol. The summed E-state index contributed by atoms with van der Waals surface area (Å²) in [6.45, 7) is 1.02. The molecule has 8 heteroatoms. The molecule has 0 aromatic heterocycles. The van der Waals surface area contributed by atoms with Crippen LogP contribution in [0.5, 0.6) is 5.75 Å². The fraction of sp³-hybridized carbons (Fsp3) is 0.263. The maximum Gasteiger partial charge on any atom is 0.387 e. The van der Waals surface area contributed by atoms with Gasteiger partial charge in [0.2, 0.25) is 11.8 Å². The first-order valence-corrected chi connectivity index (χ1v) is 8.35. The summed E-state index contributed by atoms with van der Waals surface area (Å²) in [6, 6.07) is 8.66. The minimum absolute atomic E-state index is 0.00130. The van der Waals surface area contributed by atoms with Crippen LogP contribution in [0.3, 0.4) is 0 Å². The smallest absolute Gasteiger partial charge is 0.387 e. The minimum Gasteiger partial charge on any atom is -0.435 e. The highest BCUT2D eigenvalue weighted by Gasteiger charge is 2.28. The van der Waals surface area contributed by atoms with E-state index >= 15 is 0 Å². The fourth-order valence-corrected chi connectivity index (χ4v) is 2.77. The lowest BCUT2D eigenvalue weighted by Crippen LogP contribution is -2.41. The Balaban J connectivity index is 1.62. The number of nitrogens with one attached hydrogen (secondary N) is 3. The van der Waals surface area contributed by atoms with Crippen LogP contribution in [0.4, 0.5) is 25.8 Å². The quantitative estimate of drug-likeness (QED) is 0.745. The molecule has 6 nitrogen and oxygen atoms in total.